The Morgan fingerprint density at radius 2 is 2.00 bits per heavy atom. The van der Waals surface area contributed by atoms with Gasteiger partial charge in [0.05, 0.1) is 30.8 Å². The number of nitriles is 1. The summed E-state index contributed by atoms with van der Waals surface area (Å²) in [5.74, 6) is 0.332. The van der Waals surface area contributed by atoms with Gasteiger partial charge in [-0.2, -0.15) is 23.5 Å². The minimum Gasteiger partial charge on any atom is -0.295 e. The van der Waals surface area contributed by atoms with E-state index in [1.54, 1.807) is 10.9 Å². The third-order valence-electron chi connectivity index (χ3n) is 4.35. The predicted molar refractivity (Wildman–Crippen MR) is 76.2 cm³/mol. The first kappa shape index (κ1) is 16.8. The highest BCUT2D eigenvalue weighted by molar-refractivity contribution is 5.12. The highest BCUT2D eigenvalue weighted by Crippen LogP contribution is 2.34. The largest absolute Gasteiger partial charge is 0.401 e. The molecule has 1 aliphatic rings. The second-order valence-corrected chi connectivity index (χ2v) is 6.32. The normalized spacial score (nSPS) is 19.3. The molecule has 0 aliphatic carbocycles. The fourth-order valence-corrected chi connectivity index (χ4v) is 2.91. The van der Waals surface area contributed by atoms with Crippen LogP contribution in [0, 0.1) is 11.3 Å². The van der Waals surface area contributed by atoms with E-state index >= 15 is 0 Å². The van der Waals surface area contributed by atoms with Gasteiger partial charge in [0.1, 0.15) is 0 Å². The molecule has 0 aromatic carbocycles. The fourth-order valence-electron chi connectivity index (χ4n) is 2.91. The molecule has 7 heteroatoms. The van der Waals surface area contributed by atoms with Gasteiger partial charge in [-0.05, 0) is 24.3 Å². The van der Waals surface area contributed by atoms with Crippen LogP contribution in [0.4, 0.5) is 13.2 Å². The molecule has 0 radical (unpaired) electrons. The molecule has 122 valence electrons. The molecule has 1 fully saturated rings. The summed E-state index contributed by atoms with van der Waals surface area (Å²) in [6.45, 7) is 3.90. The number of hydrogen-bond donors (Lipinski definition) is 0. The molecule has 0 saturated carbocycles. The molecule has 0 spiro atoms. The average molecular weight is 314 g/mol. The summed E-state index contributed by atoms with van der Waals surface area (Å²) in [6, 6.07) is 2.18. The lowest BCUT2D eigenvalue weighted by Gasteiger charge is -2.41. The Morgan fingerprint density at radius 1 is 1.36 bits per heavy atom. The summed E-state index contributed by atoms with van der Waals surface area (Å²) in [6.07, 6.45) is 0.830. The number of hydrogen-bond acceptors (Lipinski definition) is 3. The maximum absolute atomic E-state index is 12.5. The summed E-state index contributed by atoms with van der Waals surface area (Å²) in [7, 11) is 0. The van der Waals surface area contributed by atoms with Gasteiger partial charge in [0.2, 0.25) is 0 Å². The first-order chi connectivity index (χ1) is 10.3. The SMILES string of the molecule is CC(C)c1cnn(C2(CC#N)CCN(CC(F)(F)F)CC2)c1. The molecule has 1 saturated heterocycles. The van der Waals surface area contributed by atoms with Crippen molar-refractivity contribution in [1.82, 2.24) is 14.7 Å². The van der Waals surface area contributed by atoms with E-state index in [1.165, 1.54) is 4.90 Å². The highest BCUT2D eigenvalue weighted by Gasteiger charge is 2.40. The van der Waals surface area contributed by atoms with Gasteiger partial charge in [-0.15, -0.1) is 0 Å². The number of nitrogens with zero attached hydrogens (tertiary/aromatic N) is 4. The minimum atomic E-state index is -4.17. The zero-order chi connectivity index (χ0) is 16.4. The van der Waals surface area contributed by atoms with E-state index in [9.17, 15) is 13.2 Å². The van der Waals surface area contributed by atoms with E-state index in [2.05, 4.69) is 25.0 Å². The Hall–Kier alpha value is -1.55. The molecule has 4 nitrogen and oxygen atoms in total. The Morgan fingerprint density at radius 3 is 2.45 bits per heavy atom. The molecule has 1 aromatic rings. The number of rotatable bonds is 4. The van der Waals surface area contributed by atoms with Crippen molar-refractivity contribution < 1.29 is 13.2 Å². The lowest BCUT2D eigenvalue weighted by molar-refractivity contribution is -0.150. The first-order valence-electron chi connectivity index (χ1n) is 7.47. The van der Waals surface area contributed by atoms with Crippen LogP contribution < -0.4 is 0 Å². The van der Waals surface area contributed by atoms with Crippen molar-refractivity contribution in [3.8, 4) is 6.07 Å². The summed E-state index contributed by atoms with van der Waals surface area (Å²) < 4.78 is 39.3. The Labute approximate surface area is 128 Å². The van der Waals surface area contributed by atoms with Gasteiger partial charge in [-0.1, -0.05) is 13.8 Å². The van der Waals surface area contributed by atoms with Crippen LogP contribution in [0.15, 0.2) is 12.4 Å². The predicted octanol–water partition coefficient (Wildman–Crippen LogP) is 3.27. The van der Waals surface area contributed by atoms with Crippen LogP contribution in [0.2, 0.25) is 0 Å². The molecule has 0 N–H and O–H groups in total. The Bertz CT molecular complexity index is 534. The monoisotopic (exact) mass is 314 g/mol. The van der Waals surface area contributed by atoms with E-state index < -0.39 is 18.3 Å². The molecule has 0 atom stereocenters. The van der Waals surface area contributed by atoms with Crippen molar-refractivity contribution in [3.63, 3.8) is 0 Å². The lowest BCUT2D eigenvalue weighted by atomic mass is 9.85. The molecular weight excluding hydrogens is 293 g/mol. The van der Waals surface area contributed by atoms with Gasteiger partial charge < -0.3 is 0 Å². The Kier molecular flexibility index (Phi) is 4.81. The van der Waals surface area contributed by atoms with Crippen LogP contribution in [0.5, 0.6) is 0 Å². The van der Waals surface area contributed by atoms with Gasteiger partial charge >= 0.3 is 6.18 Å². The molecule has 0 unspecified atom stereocenters. The second-order valence-electron chi connectivity index (χ2n) is 6.32. The summed E-state index contributed by atoms with van der Waals surface area (Å²) in [5, 5.41) is 13.5. The third kappa shape index (κ3) is 3.80. The average Bonchev–Trinajstić information content (AvgIpc) is 2.90. The number of halogens is 3. The molecule has 2 heterocycles. The van der Waals surface area contributed by atoms with Gasteiger partial charge in [-0.3, -0.25) is 9.58 Å². The molecule has 1 aliphatic heterocycles. The molecule has 0 amide bonds. The first-order valence-corrected chi connectivity index (χ1v) is 7.47. The fraction of sp³-hybridized carbons (Fsp3) is 0.733. The quantitative estimate of drug-likeness (QED) is 0.857. The smallest absolute Gasteiger partial charge is 0.295 e. The molecule has 0 bridgehead atoms. The van der Waals surface area contributed by atoms with Crippen molar-refractivity contribution in [2.75, 3.05) is 19.6 Å². The molecule has 22 heavy (non-hydrogen) atoms. The maximum Gasteiger partial charge on any atom is 0.401 e. The van der Waals surface area contributed by atoms with Gasteiger partial charge in [0.25, 0.3) is 0 Å². The summed E-state index contributed by atoms with van der Waals surface area (Å²) in [5.41, 5.74) is 0.597. The van der Waals surface area contributed by atoms with E-state index in [0.29, 0.717) is 31.8 Å². The van der Waals surface area contributed by atoms with Crippen molar-refractivity contribution in [2.24, 2.45) is 0 Å². The topological polar surface area (TPSA) is 44.9 Å². The van der Waals surface area contributed by atoms with Gasteiger partial charge in [0.15, 0.2) is 0 Å². The molecule has 1 aromatic heterocycles. The van der Waals surface area contributed by atoms with Gasteiger partial charge in [-0.25, -0.2) is 0 Å². The number of aromatic nitrogens is 2. The summed E-state index contributed by atoms with van der Waals surface area (Å²) >= 11 is 0. The lowest BCUT2D eigenvalue weighted by Crippen LogP contribution is -2.48. The number of likely N-dealkylation sites (tertiary alicyclic amines) is 1. The second kappa shape index (κ2) is 6.29. The van der Waals surface area contributed by atoms with Crippen molar-refractivity contribution >= 4 is 0 Å². The van der Waals surface area contributed by atoms with Gasteiger partial charge in [0, 0.05) is 19.3 Å². The Balaban J connectivity index is 2.13. The van der Waals surface area contributed by atoms with E-state index in [0.717, 1.165) is 5.56 Å². The van der Waals surface area contributed by atoms with Crippen LogP contribution in [-0.4, -0.2) is 40.5 Å². The highest BCUT2D eigenvalue weighted by atomic mass is 19.4. The van der Waals surface area contributed by atoms with Crippen LogP contribution >= 0.6 is 0 Å². The van der Waals surface area contributed by atoms with Crippen LogP contribution in [0.25, 0.3) is 0 Å². The zero-order valence-electron chi connectivity index (χ0n) is 12.9. The van der Waals surface area contributed by atoms with E-state index in [-0.39, 0.29) is 6.42 Å². The van der Waals surface area contributed by atoms with Crippen LogP contribution in [-0.2, 0) is 5.54 Å². The van der Waals surface area contributed by atoms with Crippen molar-refractivity contribution in [1.29, 1.82) is 5.26 Å². The molecule has 2 rings (SSSR count). The van der Waals surface area contributed by atoms with Crippen LogP contribution in [0.1, 0.15) is 44.6 Å². The van der Waals surface area contributed by atoms with Crippen molar-refractivity contribution in [2.45, 2.75) is 50.7 Å². The van der Waals surface area contributed by atoms with Crippen LogP contribution in [0.3, 0.4) is 0 Å². The maximum atomic E-state index is 12.5. The number of alkyl halides is 3. The number of piperidine rings is 1. The third-order valence-corrected chi connectivity index (χ3v) is 4.35. The standard InChI is InChI=1S/C15H21F3N4/c1-12(2)13-9-20-22(10-13)14(3-6-19)4-7-21(8-5-14)11-15(16,17)18/h9-10,12H,3-5,7-8,11H2,1-2H3. The molecular formula is C15H21F3N4. The minimum absolute atomic E-state index is 0.270. The van der Waals surface area contributed by atoms with E-state index in [1.807, 2.05) is 6.20 Å². The van der Waals surface area contributed by atoms with Crippen molar-refractivity contribution in [3.05, 3.63) is 18.0 Å². The zero-order valence-corrected chi connectivity index (χ0v) is 12.9. The van der Waals surface area contributed by atoms with E-state index in [4.69, 9.17) is 5.26 Å². The summed E-state index contributed by atoms with van der Waals surface area (Å²) in [4.78, 5) is 1.41.